The van der Waals surface area contributed by atoms with Gasteiger partial charge in [-0.15, -0.1) is 11.8 Å². The van der Waals surface area contributed by atoms with Crippen LogP contribution in [-0.4, -0.2) is 40.9 Å². The van der Waals surface area contributed by atoms with Gasteiger partial charge in [0.2, 0.25) is 11.8 Å². The second-order valence-electron chi connectivity index (χ2n) is 9.78. The summed E-state index contributed by atoms with van der Waals surface area (Å²) in [5.74, 6) is -1.26. The van der Waals surface area contributed by atoms with E-state index in [-0.39, 0.29) is 23.5 Å². The van der Waals surface area contributed by atoms with Crippen molar-refractivity contribution in [3.8, 4) is 5.75 Å². The minimum atomic E-state index is -0.727. The highest BCUT2D eigenvalue weighted by atomic mass is 32.2. The number of nitro benzene ring substituents is 1. The summed E-state index contributed by atoms with van der Waals surface area (Å²) in [6, 6.07) is 27.4. The zero-order chi connectivity index (χ0) is 31.9. The molecule has 4 aromatic rings. The lowest BCUT2D eigenvalue weighted by molar-refractivity contribution is -0.384. The Morgan fingerprint density at radius 1 is 0.956 bits per heavy atom. The second kappa shape index (κ2) is 13.7. The number of anilines is 2. The summed E-state index contributed by atoms with van der Waals surface area (Å²) in [7, 11) is 1.55. The molecule has 4 amide bonds. The van der Waals surface area contributed by atoms with Crippen LogP contribution >= 0.6 is 11.8 Å². The van der Waals surface area contributed by atoms with Gasteiger partial charge in [-0.1, -0.05) is 36.4 Å². The van der Waals surface area contributed by atoms with Crippen LogP contribution in [0.4, 0.5) is 17.1 Å². The third-order valence-corrected chi connectivity index (χ3v) is 7.93. The number of hydrogen-bond donors (Lipinski definition) is 2. The van der Waals surface area contributed by atoms with Crippen LogP contribution in [0.25, 0.3) is 6.08 Å². The number of nitro groups is 1. The van der Waals surface area contributed by atoms with E-state index in [1.54, 1.807) is 92.0 Å². The molecule has 2 N–H and O–H groups in total. The first-order chi connectivity index (χ1) is 21.7. The molecule has 0 saturated carbocycles. The number of hydrogen-bond acceptors (Lipinski definition) is 8. The number of carbonyl (C=O) groups excluding carboxylic acids is 4. The van der Waals surface area contributed by atoms with Crippen molar-refractivity contribution in [3.63, 3.8) is 0 Å². The van der Waals surface area contributed by atoms with Crippen LogP contribution < -0.4 is 20.3 Å². The minimum Gasteiger partial charge on any atom is -0.497 e. The van der Waals surface area contributed by atoms with Crippen molar-refractivity contribution in [2.45, 2.75) is 16.6 Å². The smallest absolute Gasteiger partial charge is 0.272 e. The zero-order valence-electron chi connectivity index (χ0n) is 23.8. The van der Waals surface area contributed by atoms with Crippen molar-refractivity contribution < 1.29 is 28.8 Å². The Hall–Kier alpha value is -5.75. The number of thioether (sulfide) groups is 1. The molecule has 0 bridgehead atoms. The van der Waals surface area contributed by atoms with Gasteiger partial charge in [-0.05, 0) is 66.2 Å². The SMILES string of the molecule is COc1ccc(/C=C(\NC(=O)c2ccccc2)C(=O)Nc2cccc(S[C@H]3CC(=O)N(c4ccc([N+](=O)[O-])cc4)C3=O)c2)cc1. The molecule has 1 saturated heterocycles. The lowest BCUT2D eigenvalue weighted by Gasteiger charge is -2.15. The topological polar surface area (TPSA) is 148 Å². The van der Waals surface area contributed by atoms with Gasteiger partial charge in [0.15, 0.2) is 0 Å². The normalized spacial score (nSPS) is 14.6. The molecule has 1 aliphatic heterocycles. The van der Waals surface area contributed by atoms with E-state index in [9.17, 15) is 29.3 Å². The molecule has 0 aromatic heterocycles. The minimum absolute atomic E-state index is 0.00221. The first-order valence-electron chi connectivity index (χ1n) is 13.6. The van der Waals surface area contributed by atoms with Crippen LogP contribution in [0, 0.1) is 10.1 Å². The predicted molar refractivity (Wildman–Crippen MR) is 170 cm³/mol. The van der Waals surface area contributed by atoms with Crippen LogP contribution in [0.15, 0.2) is 114 Å². The molecule has 1 fully saturated rings. The molecule has 5 rings (SSSR count). The van der Waals surface area contributed by atoms with E-state index in [4.69, 9.17) is 4.74 Å². The van der Waals surface area contributed by atoms with E-state index < -0.39 is 33.8 Å². The highest BCUT2D eigenvalue weighted by Crippen LogP contribution is 2.35. The fourth-order valence-electron chi connectivity index (χ4n) is 4.51. The maximum atomic E-state index is 13.5. The largest absolute Gasteiger partial charge is 0.497 e. The van der Waals surface area contributed by atoms with E-state index in [1.807, 2.05) is 0 Å². The van der Waals surface area contributed by atoms with Crippen LogP contribution in [0.2, 0.25) is 0 Å². The van der Waals surface area contributed by atoms with Crippen molar-refractivity contribution >= 4 is 58.5 Å². The summed E-state index contributed by atoms with van der Waals surface area (Å²) >= 11 is 1.17. The molecule has 0 spiro atoms. The summed E-state index contributed by atoms with van der Waals surface area (Å²) in [5.41, 5.74) is 1.55. The number of nitrogens with one attached hydrogen (secondary N) is 2. The lowest BCUT2D eigenvalue weighted by Crippen LogP contribution is -2.31. The number of rotatable bonds is 10. The third-order valence-electron chi connectivity index (χ3n) is 6.75. The van der Waals surface area contributed by atoms with Crippen LogP contribution in [-0.2, 0) is 14.4 Å². The fourth-order valence-corrected chi connectivity index (χ4v) is 5.62. The molecule has 0 unspecified atom stereocenters. The molecule has 4 aromatic carbocycles. The molecule has 1 heterocycles. The Morgan fingerprint density at radius 2 is 1.67 bits per heavy atom. The number of amides is 4. The van der Waals surface area contributed by atoms with E-state index in [0.29, 0.717) is 27.5 Å². The predicted octanol–water partition coefficient (Wildman–Crippen LogP) is 5.44. The van der Waals surface area contributed by atoms with Gasteiger partial charge in [-0.3, -0.25) is 29.3 Å². The van der Waals surface area contributed by atoms with Crippen LogP contribution in [0.5, 0.6) is 5.75 Å². The molecule has 226 valence electrons. The van der Waals surface area contributed by atoms with Crippen molar-refractivity contribution in [3.05, 3.63) is 130 Å². The average molecular weight is 623 g/mol. The Balaban J connectivity index is 1.31. The third kappa shape index (κ3) is 7.43. The molecular formula is C33H26N4O7S. The van der Waals surface area contributed by atoms with Gasteiger partial charge in [0.1, 0.15) is 11.4 Å². The second-order valence-corrected chi connectivity index (χ2v) is 11.1. The van der Waals surface area contributed by atoms with Crippen LogP contribution in [0.3, 0.4) is 0 Å². The quantitative estimate of drug-likeness (QED) is 0.103. The summed E-state index contributed by atoms with van der Waals surface area (Å²) in [6.07, 6.45) is 1.49. The van der Waals surface area contributed by atoms with Crippen molar-refractivity contribution in [1.82, 2.24) is 5.32 Å². The van der Waals surface area contributed by atoms with Gasteiger partial charge in [0.05, 0.1) is 23.0 Å². The summed E-state index contributed by atoms with van der Waals surface area (Å²) in [6.45, 7) is 0. The van der Waals surface area contributed by atoms with E-state index in [1.165, 1.54) is 36.0 Å². The van der Waals surface area contributed by atoms with E-state index in [0.717, 1.165) is 4.90 Å². The number of benzene rings is 4. The molecule has 45 heavy (non-hydrogen) atoms. The monoisotopic (exact) mass is 622 g/mol. The first kappa shape index (κ1) is 30.7. The number of imide groups is 1. The number of carbonyl (C=O) groups is 4. The van der Waals surface area contributed by atoms with Crippen molar-refractivity contribution in [2.75, 3.05) is 17.3 Å². The van der Waals surface area contributed by atoms with Gasteiger partial charge < -0.3 is 15.4 Å². The van der Waals surface area contributed by atoms with Crippen molar-refractivity contribution in [2.24, 2.45) is 0 Å². The lowest BCUT2D eigenvalue weighted by atomic mass is 10.1. The van der Waals surface area contributed by atoms with Crippen LogP contribution in [0.1, 0.15) is 22.3 Å². The van der Waals surface area contributed by atoms with E-state index >= 15 is 0 Å². The molecule has 1 atom stereocenters. The molecule has 0 radical (unpaired) electrons. The number of nitrogens with zero attached hydrogens (tertiary/aromatic N) is 2. The highest BCUT2D eigenvalue weighted by molar-refractivity contribution is 8.00. The maximum absolute atomic E-state index is 13.5. The molecule has 0 aliphatic carbocycles. The van der Waals surface area contributed by atoms with Gasteiger partial charge >= 0.3 is 0 Å². The number of methoxy groups -OCH3 is 1. The Morgan fingerprint density at radius 3 is 2.33 bits per heavy atom. The Labute approximate surface area is 262 Å². The van der Waals surface area contributed by atoms with E-state index in [2.05, 4.69) is 10.6 Å². The van der Waals surface area contributed by atoms with Gasteiger partial charge in [0.25, 0.3) is 17.5 Å². The Kier molecular flexibility index (Phi) is 9.34. The standard InChI is InChI=1S/C33H26N4O7S/c1-44-26-16-10-21(11-17-26)18-28(35-31(39)22-6-3-2-4-7-22)32(40)34-23-8-5-9-27(19-23)45-29-20-30(38)36(33(29)41)24-12-14-25(15-13-24)37(42)43/h2-19,29H,20H2,1H3,(H,34,40)(H,35,39)/b28-18-/t29-/m0/s1. The maximum Gasteiger partial charge on any atom is 0.272 e. The highest BCUT2D eigenvalue weighted by Gasteiger charge is 2.40. The number of ether oxygens (including phenoxy) is 1. The number of non-ortho nitro benzene ring substituents is 1. The molecular weight excluding hydrogens is 596 g/mol. The fraction of sp³-hybridized carbons (Fsp3) is 0.0909. The first-order valence-corrected chi connectivity index (χ1v) is 14.5. The molecule has 11 nitrogen and oxygen atoms in total. The summed E-state index contributed by atoms with van der Waals surface area (Å²) < 4.78 is 5.20. The van der Waals surface area contributed by atoms with Crippen molar-refractivity contribution in [1.29, 1.82) is 0 Å². The summed E-state index contributed by atoms with van der Waals surface area (Å²) in [4.78, 5) is 64.3. The van der Waals surface area contributed by atoms with Gasteiger partial charge in [-0.2, -0.15) is 0 Å². The average Bonchev–Trinajstić information content (AvgIpc) is 3.33. The molecule has 1 aliphatic rings. The van der Waals surface area contributed by atoms with Gasteiger partial charge in [-0.25, -0.2) is 4.90 Å². The van der Waals surface area contributed by atoms with Gasteiger partial charge in [0, 0.05) is 34.7 Å². The molecule has 12 heteroatoms. The zero-order valence-corrected chi connectivity index (χ0v) is 24.7. The summed E-state index contributed by atoms with van der Waals surface area (Å²) in [5, 5.41) is 15.7. The Bertz CT molecular complexity index is 1790.